The highest BCUT2D eigenvalue weighted by atomic mass is 16.6. The van der Waals surface area contributed by atoms with E-state index in [0.717, 1.165) is 30.3 Å². The number of nitrogens with one attached hydrogen (secondary N) is 2. The fourth-order valence-corrected chi connectivity index (χ4v) is 7.81. The maximum atomic E-state index is 14.3. The van der Waals surface area contributed by atoms with Gasteiger partial charge < -0.3 is 39.6 Å². The van der Waals surface area contributed by atoms with Crippen LogP contribution >= 0.6 is 0 Å². The van der Waals surface area contributed by atoms with Crippen LogP contribution in [0.15, 0.2) is 30.4 Å². The minimum atomic E-state index is -1.45. The zero-order valence-corrected chi connectivity index (χ0v) is 29.4. The highest BCUT2D eigenvalue weighted by molar-refractivity contribution is 5.96. The normalized spacial score (nSPS) is 29.2. The van der Waals surface area contributed by atoms with Gasteiger partial charge in [-0.3, -0.25) is 14.4 Å². The number of allylic oxidation sites excluding steroid dienone is 1. The summed E-state index contributed by atoms with van der Waals surface area (Å²) in [4.78, 5) is 75.6. The summed E-state index contributed by atoms with van der Waals surface area (Å²) in [5.41, 5.74) is -0.722. The third-order valence-corrected chi connectivity index (χ3v) is 10.5. The molecule has 4 aliphatic rings. The number of methoxy groups -OCH3 is 1. The van der Waals surface area contributed by atoms with Crippen molar-refractivity contribution in [2.24, 2.45) is 17.8 Å². The third kappa shape index (κ3) is 7.02. The number of aliphatic carboxylic acids is 1. The van der Waals surface area contributed by atoms with E-state index in [-0.39, 0.29) is 43.8 Å². The van der Waals surface area contributed by atoms with Crippen LogP contribution in [0, 0.1) is 24.7 Å². The maximum Gasteiger partial charge on any atom is 0.408 e. The number of rotatable bonds is 5. The number of carboxylic acids is 1. The Kier molecular flexibility index (Phi) is 9.57. The van der Waals surface area contributed by atoms with E-state index in [2.05, 4.69) is 15.6 Å². The minimum absolute atomic E-state index is 0.0342. The number of ether oxygens (including phenoxy) is 2. The molecule has 1 aliphatic carbocycles. The van der Waals surface area contributed by atoms with E-state index in [9.17, 15) is 29.1 Å². The van der Waals surface area contributed by atoms with Crippen molar-refractivity contribution in [1.29, 1.82) is 0 Å². The van der Waals surface area contributed by atoms with E-state index >= 15 is 0 Å². The number of hydrogen-bond acceptors (Lipinski definition) is 8. The van der Waals surface area contributed by atoms with Crippen LogP contribution in [-0.2, 0) is 30.5 Å². The lowest BCUT2D eigenvalue weighted by Crippen LogP contribution is -2.58. The molecule has 50 heavy (non-hydrogen) atoms. The van der Waals surface area contributed by atoms with E-state index in [1.165, 1.54) is 4.90 Å². The van der Waals surface area contributed by atoms with Crippen LogP contribution < -0.4 is 15.4 Å². The van der Waals surface area contributed by atoms with E-state index in [4.69, 9.17) is 9.47 Å². The lowest BCUT2D eigenvalue weighted by molar-refractivity contribution is -0.146. The average Bonchev–Trinajstić information content (AvgIpc) is 3.27. The summed E-state index contributed by atoms with van der Waals surface area (Å²) in [6.45, 7) is 7.82. The van der Waals surface area contributed by atoms with Crippen molar-refractivity contribution in [3.05, 3.63) is 36.2 Å². The molecule has 4 heterocycles. The highest BCUT2D eigenvalue weighted by Crippen LogP contribution is 2.46. The summed E-state index contributed by atoms with van der Waals surface area (Å²) < 4.78 is 12.7. The van der Waals surface area contributed by atoms with Gasteiger partial charge in [-0.15, -0.1) is 0 Å². The summed E-state index contributed by atoms with van der Waals surface area (Å²) in [6, 6.07) is 3.54. The molecule has 0 spiro atoms. The number of carbonyl (C=O) groups excluding carboxylic acids is 4. The number of carboxylic acid groups (broad SMARTS) is 1. The van der Waals surface area contributed by atoms with Gasteiger partial charge in [-0.2, -0.15) is 0 Å². The van der Waals surface area contributed by atoms with Crippen LogP contribution in [0.3, 0.4) is 0 Å². The Balaban J connectivity index is 1.26. The molecule has 2 saturated heterocycles. The predicted octanol–water partition coefficient (Wildman–Crippen LogP) is 3.01. The number of fused-ring (bicyclic) bond motifs is 5. The summed E-state index contributed by atoms with van der Waals surface area (Å²) in [5.74, 6) is -1.94. The minimum Gasteiger partial charge on any atom is -0.497 e. The van der Waals surface area contributed by atoms with Crippen LogP contribution in [0.25, 0.3) is 11.0 Å². The van der Waals surface area contributed by atoms with Crippen LogP contribution in [0.5, 0.6) is 5.75 Å². The Bertz CT molecular complexity index is 1710. The molecule has 0 unspecified atom stereocenters. The number of nitrogens with zero attached hydrogens (tertiary/aromatic N) is 4. The van der Waals surface area contributed by atoms with Crippen LogP contribution in [0.1, 0.15) is 65.1 Å². The lowest BCUT2D eigenvalue weighted by Gasteiger charge is -2.33. The monoisotopic (exact) mass is 692 g/mol. The fourth-order valence-electron chi connectivity index (χ4n) is 7.81. The number of amides is 4. The van der Waals surface area contributed by atoms with Crippen molar-refractivity contribution < 1.29 is 38.6 Å². The number of imidazole rings is 1. The van der Waals surface area contributed by atoms with Gasteiger partial charge in [0.2, 0.25) is 17.7 Å². The molecular formula is C36H48N6O8. The summed E-state index contributed by atoms with van der Waals surface area (Å²) in [5, 5.41) is 15.8. The molecule has 270 valence electrons. The molecule has 0 radical (unpaired) electrons. The first kappa shape index (κ1) is 35.2. The molecular weight excluding hydrogens is 644 g/mol. The Labute approximate surface area is 291 Å². The molecule has 6 rings (SSSR count). The number of likely N-dealkylation sites (tertiary alicyclic amines) is 1. The number of carbonyl (C=O) groups is 5. The van der Waals surface area contributed by atoms with Crippen molar-refractivity contribution >= 4 is 40.8 Å². The van der Waals surface area contributed by atoms with E-state index in [0.29, 0.717) is 31.0 Å². The largest absolute Gasteiger partial charge is 0.497 e. The summed E-state index contributed by atoms with van der Waals surface area (Å²) in [7, 11) is 1.58. The first-order valence-corrected chi connectivity index (χ1v) is 17.5. The molecule has 2 aromatic rings. The number of hydrogen-bond donors (Lipinski definition) is 3. The predicted molar refractivity (Wildman–Crippen MR) is 182 cm³/mol. The summed E-state index contributed by atoms with van der Waals surface area (Å²) >= 11 is 0. The Morgan fingerprint density at radius 2 is 1.90 bits per heavy atom. The van der Waals surface area contributed by atoms with Gasteiger partial charge in [0.1, 0.15) is 41.3 Å². The quantitative estimate of drug-likeness (QED) is 0.399. The molecule has 14 nitrogen and oxygen atoms in total. The average molecular weight is 693 g/mol. The van der Waals surface area contributed by atoms with Crippen LogP contribution in [0.4, 0.5) is 4.79 Å². The van der Waals surface area contributed by atoms with Crippen molar-refractivity contribution in [3.8, 4) is 5.75 Å². The van der Waals surface area contributed by atoms with Crippen LogP contribution in [0.2, 0.25) is 0 Å². The standard InChI is InChI=1S/C36H48N6O8/c1-21-37-26-14-13-24(49-5)15-28(26)41(21)20-29(43)40-17-22-18-42-30(25(22)19-40)31(44)39-36(33(46)47)16-23(36)11-9-7-6-8-10-12-27(32(42)45)38-34(48)50-35(2,3)4/h9,11,13-15,22-23,25,27,30H,6-8,10,12,16-20H2,1-5H3,(H,38,48)(H,39,44)(H,46,47)/b11-9-/t22-,23+,25-,27+,30-,36+/m0/s1. The molecule has 4 amide bonds. The smallest absolute Gasteiger partial charge is 0.408 e. The first-order chi connectivity index (χ1) is 23.7. The zero-order valence-electron chi connectivity index (χ0n) is 29.4. The third-order valence-electron chi connectivity index (χ3n) is 10.5. The SMILES string of the molecule is COc1ccc2nc(C)n(CC(=O)N3C[C@H]4CN5C(=O)[C@H](NC(=O)OC(C)(C)C)CCCCC/C=C\[C@@H]6C[C@@]6(C(=O)O)NC(=O)[C@@H]5[C@H]4C3)c2c1. The number of aryl methyl sites for hydroxylation is 1. The van der Waals surface area contributed by atoms with Gasteiger partial charge in [0.25, 0.3) is 0 Å². The zero-order chi connectivity index (χ0) is 36.0. The van der Waals surface area contributed by atoms with Gasteiger partial charge in [0.15, 0.2) is 0 Å². The van der Waals surface area contributed by atoms with Crippen LogP contribution in [-0.4, -0.2) is 104 Å². The number of aromatic nitrogens is 2. The van der Waals surface area contributed by atoms with Gasteiger partial charge in [0.05, 0.1) is 18.1 Å². The summed E-state index contributed by atoms with van der Waals surface area (Å²) in [6.07, 6.45) is 6.77. The van der Waals surface area contributed by atoms with E-state index in [1.54, 1.807) is 32.8 Å². The molecule has 3 N–H and O–H groups in total. The second-order valence-corrected chi connectivity index (χ2v) is 15.1. The van der Waals surface area contributed by atoms with E-state index < -0.39 is 53.0 Å². The molecule has 1 saturated carbocycles. The fraction of sp³-hybridized carbons (Fsp3) is 0.611. The Morgan fingerprint density at radius 3 is 2.62 bits per heavy atom. The Morgan fingerprint density at radius 1 is 1.12 bits per heavy atom. The molecule has 1 aromatic carbocycles. The van der Waals surface area contributed by atoms with Gasteiger partial charge in [-0.25, -0.2) is 14.6 Å². The molecule has 3 aliphatic heterocycles. The van der Waals surface area contributed by atoms with Crippen molar-refractivity contribution in [2.45, 2.75) is 96.0 Å². The molecule has 14 heteroatoms. The second kappa shape index (κ2) is 13.6. The number of alkyl carbamates (subject to hydrolysis) is 1. The van der Waals surface area contributed by atoms with Gasteiger partial charge in [-0.1, -0.05) is 25.0 Å². The maximum absolute atomic E-state index is 14.3. The molecule has 3 fully saturated rings. The highest BCUT2D eigenvalue weighted by Gasteiger charge is 2.62. The van der Waals surface area contributed by atoms with Crippen molar-refractivity contribution in [2.75, 3.05) is 26.7 Å². The molecule has 6 atom stereocenters. The molecule has 0 bridgehead atoms. The van der Waals surface area contributed by atoms with Crippen molar-refractivity contribution in [3.63, 3.8) is 0 Å². The molecule has 1 aromatic heterocycles. The van der Waals surface area contributed by atoms with Gasteiger partial charge in [-0.05, 0) is 65.5 Å². The van der Waals surface area contributed by atoms with Gasteiger partial charge >= 0.3 is 12.1 Å². The van der Waals surface area contributed by atoms with Gasteiger partial charge in [0, 0.05) is 43.5 Å². The second-order valence-electron chi connectivity index (χ2n) is 15.1. The Hall–Kier alpha value is -4.62. The van der Waals surface area contributed by atoms with E-state index in [1.807, 2.05) is 41.8 Å². The topological polar surface area (TPSA) is 172 Å². The van der Waals surface area contributed by atoms with Crippen molar-refractivity contribution in [1.82, 2.24) is 30.0 Å². The lowest BCUT2D eigenvalue weighted by atomic mass is 9.93. The first-order valence-electron chi connectivity index (χ1n) is 17.5. The number of benzene rings is 1.